The summed E-state index contributed by atoms with van der Waals surface area (Å²) < 4.78 is 0. The Morgan fingerprint density at radius 3 is 2.37 bits per heavy atom. The summed E-state index contributed by atoms with van der Waals surface area (Å²) >= 11 is 11.9. The number of halogens is 2. The van der Waals surface area contributed by atoms with E-state index in [0.717, 1.165) is 18.5 Å². The summed E-state index contributed by atoms with van der Waals surface area (Å²) in [6, 6.07) is 13.9. The average Bonchev–Trinajstić information content (AvgIpc) is 2.64. The van der Waals surface area contributed by atoms with Gasteiger partial charge in [-0.25, -0.2) is 4.99 Å². The van der Waals surface area contributed by atoms with E-state index in [-0.39, 0.29) is 18.1 Å². The third-order valence-electron chi connectivity index (χ3n) is 4.40. The van der Waals surface area contributed by atoms with Crippen LogP contribution in [0.3, 0.4) is 0 Å². The molecule has 0 radical (unpaired) electrons. The summed E-state index contributed by atoms with van der Waals surface area (Å²) in [5.41, 5.74) is 1.22. The van der Waals surface area contributed by atoms with Crippen LogP contribution < -0.4 is 10.6 Å². The van der Waals surface area contributed by atoms with Crippen molar-refractivity contribution >= 4 is 40.8 Å². The van der Waals surface area contributed by atoms with Crippen LogP contribution in [0.25, 0.3) is 0 Å². The molecule has 3 N–H and O–H groups in total. The molecule has 0 unspecified atom stereocenters. The molecule has 5 nitrogen and oxygen atoms in total. The van der Waals surface area contributed by atoms with E-state index in [1.165, 1.54) is 0 Å². The Morgan fingerprint density at radius 2 is 1.70 bits per heavy atom. The molecule has 0 bridgehead atoms. The number of aliphatic imine (C=N–C) groups is 1. The lowest BCUT2D eigenvalue weighted by molar-refractivity contribution is 0.0976. The maximum atomic E-state index is 12.6. The Kier molecular flexibility index (Phi) is 6.72. The van der Waals surface area contributed by atoms with Crippen molar-refractivity contribution in [2.45, 2.75) is 37.8 Å². The number of hydrogen-bond donors (Lipinski definition) is 3. The van der Waals surface area contributed by atoms with Crippen molar-refractivity contribution < 1.29 is 9.90 Å². The number of nitrogens with one attached hydrogen (secondary N) is 2. The minimum absolute atomic E-state index is 0.0422. The van der Waals surface area contributed by atoms with Crippen LogP contribution >= 0.6 is 23.2 Å². The van der Waals surface area contributed by atoms with Gasteiger partial charge in [-0.3, -0.25) is 10.1 Å². The monoisotopic (exact) mass is 405 g/mol. The Bertz CT molecular complexity index is 816. The molecule has 0 spiro atoms. The number of anilines is 1. The van der Waals surface area contributed by atoms with Gasteiger partial charge in [-0.2, -0.15) is 0 Å². The van der Waals surface area contributed by atoms with Crippen LogP contribution in [-0.2, 0) is 0 Å². The van der Waals surface area contributed by atoms with E-state index in [1.807, 2.05) is 12.1 Å². The molecule has 0 saturated heterocycles. The summed E-state index contributed by atoms with van der Waals surface area (Å²) in [5.74, 6) is 0.0781. The molecule has 1 aliphatic carbocycles. The van der Waals surface area contributed by atoms with Crippen LogP contribution in [-0.4, -0.2) is 29.1 Å². The zero-order valence-electron chi connectivity index (χ0n) is 14.7. The Labute approximate surface area is 168 Å². The Hall–Kier alpha value is -2.08. The average molecular weight is 406 g/mol. The number of carbonyl (C=O) groups is 1. The number of nitrogens with zero attached hydrogens (tertiary/aromatic N) is 1. The third-order valence-corrected chi connectivity index (χ3v) is 4.89. The summed E-state index contributed by atoms with van der Waals surface area (Å²) in [6.45, 7) is 0. The number of amides is 1. The molecule has 1 saturated carbocycles. The zero-order chi connectivity index (χ0) is 19.2. The maximum Gasteiger partial charge on any atom is 0.257 e. The van der Waals surface area contributed by atoms with Crippen LogP contribution in [0.1, 0.15) is 36.0 Å². The van der Waals surface area contributed by atoms with E-state index in [1.54, 1.807) is 36.4 Å². The second-order valence-corrected chi connectivity index (χ2v) is 7.41. The molecule has 0 atom stereocenters. The van der Waals surface area contributed by atoms with Crippen LogP contribution in [0, 0.1) is 0 Å². The van der Waals surface area contributed by atoms with E-state index in [4.69, 9.17) is 23.2 Å². The van der Waals surface area contributed by atoms with Crippen molar-refractivity contribution in [3.8, 4) is 0 Å². The van der Waals surface area contributed by atoms with Crippen molar-refractivity contribution in [1.29, 1.82) is 0 Å². The standard InChI is InChI=1S/C20H21Cl2N3O2/c21-14-6-4-13(5-7-14)19(27)25-20(23-16-8-10-18(26)11-9-16)24-17-3-1-2-15(22)12-17/h1-7,12,16,18,26H,8-11H2,(H2,23,24,25,27). The van der Waals surface area contributed by atoms with Gasteiger partial charge >= 0.3 is 0 Å². The van der Waals surface area contributed by atoms with Crippen LogP contribution in [0.5, 0.6) is 0 Å². The largest absolute Gasteiger partial charge is 0.393 e. The minimum atomic E-state index is -0.282. The quantitative estimate of drug-likeness (QED) is 0.519. The fraction of sp³-hybridized carbons (Fsp3) is 0.300. The van der Waals surface area contributed by atoms with Gasteiger partial charge in [-0.15, -0.1) is 0 Å². The van der Waals surface area contributed by atoms with Crippen LogP contribution in [0.4, 0.5) is 5.69 Å². The van der Waals surface area contributed by atoms with Gasteiger partial charge in [0.1, 0.15) is 0 Å². The lowest BCUT2D eigenvalue weighted by Crippen LogP contribution is -2.37. The molecule has 142 valence electrons. The first-order valence-electron chi connectivity index (χ1n) is 8.85. The second-order valence-electron chi connectivity index (χ2n) is 6.54. The highest BCUT2D eigenvalue weighted by molar-refractivity contribution is 6.31. The smallest absolute Gasteiger partial charge is 0.257 e. The first-order valence-corrected chi connectivity index (χ1v) is 9.60. The predicted octanol–water partition coefficient (Wildman–Crippen LogP) is 4.49. The fourth-order valence-corrected chi connectivity index (χ4v) is 3.27. The van der Waals surface area contributed by atoms with Crippen molar-refractivity contribution in [1.82, 2.24) is 5.32 Å². The second kappa shape index (κ2) is 9.22. The summed E-state index contributed by atoms with van der Waals surface area (Å²) in [5, 5.41) is 16.8. The zero-order valence-corrected chi connectivity index (χ0v) is 16.2. The molecule has 0 aliphatic heterocycles. The summed E-state index contributed by atoms with van der Waals surface area (Å²) in [6.07, 6.45) is 2.72. The molecule has 0 aromatic heterocycles. The highest BCUT2D eigenvalue weighted by Gasteiger charge is 2.20. The molecule has 0 heterocycles. The van der Waals surface area contributed by atoms with Crippen molar-refractivity contribution in [2.75, 3.05) is 5.32 Å². The van der Waals surface area contributed by atoms with Crippen LogP contribution in [0.15, 0.2) is 53.5 Å². The molecule has 2 aromatic carbocycles. The number of hydrogen-bond acceptors (Lipinski definition) is 3. The molecule has 7 heteroatoms. The third kappa shape index (κ3) is 5.96. The number of rotatable bonds is 3. The molecule has 3 rings (SSSR count). The van der Waals surface area contributed by atoms with E-state index in [2.05, 4.69) is 15.6 Å². The van der Waals surface area contributed by atoms with E-state index >= 15 is 0 Å². The lowest BCUT2D eigenvalue weighted by atomic mass is 9.94. The normalized spacial score (nSPS) is 20.2. The van der Waals surface area contributed by atoms with E-state index in [9.17, 15) is 9.90 Å². The summed E-state index contributed by atoms with van der Waals surface area (Å²) in [7, 11) is 0. The maximum absolute atomic E-state index is 12.6. The first-order chi connectivity index (χ1) is 13.0. The van der Waals surface area contributed by atoms with Crippen molar-refractivity contribution in [3.05, 3.63) is 64.1 Å². The number of guanidine groups is 1. The minimum Gasteiger partial charge on any atom is -0.393 e. The van der Waals surface area contributed by atoms with Crippen LogP contribution in [0.2, 0.25) is 10.0 Å². The van der Waals surface area contributed by atoms with E-state index < -0.39 is 0 Å². The topological polar surface area (TPSA) is 73.7 Å². The molecule has 1 fully saturated rings. The number of carbonyl (C=O) groups excluding carboxylic acids is 1. The van der Waals surface area contributed by atoms with Gasteiger partial charge in [0.05, 0.1) is 12.1 Å². The van der Waals surface area contributed by atoms with Gasteiger partial charge in [-0.05, 0) is 68.1 Å². The van der Waals surface area contributed by atoms with E-state index in [0.29, 0.717) is 34.4 Å². The van der Waals surface area contributed by atoms with Gasteiger partial charge in [-0.1, -0.05) is 29.3 Å². The Morgan fingerprint density at radius 1 is 1.00 bits per heavy atom. The van der Waals surface area contributed by atoms with Gasteiger partial charge in [0.25, 0.3) is 5.91 Å². The Balaban J connectivity index is 1.78. The fourth-order valence-electron chi connectivity index (χ4n) is 2.95. The number of aliphatic hydroxyl groups is 1. The first kappa shape index (κ1) is 19.7. The van der Waals surface area contributed by atoms with Gasteiger partial charge in [0.15, 0.2) is 0 Å². The SMILES string of the molecule is O=C(NC(=NC1CCC(O)CC1)Nc1cccc(Cl)c1)c1ccc(Cl)cc1. The van der Waals surface area contributed by atoms with Gasteiger partial charge < -0.3 is 10.4 Å². The molecule has 1 aliphatic rings. The molecule has 2 aromatic rings. The van der Waals surface area contributed by atoms with Gasteiger partial charge in [0.2, 0.25) is 5.96 Å². The molecule has 27 heavy (non-hydrogen) atoms. The molecular formula is C20H21Cl2N3O2. The van der Waals surface area contributed by atoms with Crippen molar-refractivity contribution in [3.63, 3.8) is 0 Å². The highest BCUT2D eigenvalue weighted by atomic mass is 35.5. The van der Waals surface area contributed by atoms with Crippen molar-refractivity contribution in [2.24, 2.45) is 4.99 Å². The number of aliphatic hydroxyl groups excluding tert-OH is 1. The molecule has 1 amide bonds. The predicted molar refractivity (Wildman–Crippen MR) is 110 cm³/mol. The summed E-state index contributed by atoms with van der Waals surface area (Å²) in [4.78, 5) is 17.2. The number of benzene rings is 2. The highest BCUT2D eigenvalue weighted by Crippen LogP contribution is 2.21. The lowest BCUT2D eigenvalue weighted by Gasteiger charge is -2.23. The van der Waals surface area contributed by atoms with Gasteiger partial charge in [0, 0.05) is 21.3 Å². The molecular weight excluding hydrogens is 385 g/mol.